The van der Waals surface area contributed by atoms with E-state index in [4.69, 9.17) is 26.0 Å². The van der Waals surface area contributed by atoms with E-state index in [0.29, 0.717) is 40.3 Å². The van der Waals surface area contributed by atoms with Crippen molar-refractivity contribution in [3.8, 4) is 22.6 Å². The van der Waals surface area contributed by atoms with Crippen molar-refractivity contribution in [3.63, 3.8) is 0 Å². The zero-order chi connectivity index (χ0) is 34.1. The number of methoxy groups -OCH3 is 1. The monoisotopic (exact) mass is 674 g/mol. The summed E-state index contributed by atoms with van der Waals surface area (Å²) in [4.78, 5) is 31.4. The summed E-state index contributed by atoms with van der Waals surface area (Å²) < 4.78 is 12.8. The van der Waals surface area contributed by atoms with Gasteiger partial charge < -0.3 is 25.0 Å². The second-order valence-corrected chi connectivity index (χ2v) is 12.2. The van der Waals surface area contributed by atoms with Crippen LogP contribution in [0.2, 0.25) is 5.02 Å². The molecule has 0 radical (unpaired) electrons. The molecule has 4 aromatic carbocycles. The van der Waals surface area contributed by atoms with Gasteiger partial charge in [-0.3, -0.25) is 19.1 Å². The van der Waals surface area contributed by atoms with Gasteiger partial charge in [0.05, 0.1) is 31.5 Å². The molecule has 0 spiro atoms. The largest absolute Gasteiger partial charge is 0.497 e. The minimum absolute atomic E-state index is 0.0131. The third kappa shape index (κ3) is 6.58. The Morgan fingerprint density at radius 3 is 2.57 bits per heavy atom. The molecule has 0 saturated carbocycles. The summed E-state index contributed by atoms with van der Waals surface area (Å²) >= 11 is 6.20. The summed E-state index contributed by atoms with van der Waals surface area (Å²) in [6, 6.07) is 25.5. The van der Waals surface area contributed by atoms with Crippen molar-refractivity contribution in [2.75, 3.05) is 20.2 Å². The fourth-order valence-corrected chi connectivity index (χ4v) is 6.28. The Hall–Kier alpha value is -5.30. The molecule has 11 nitrogen and oxygen atoms in total. The van der Waals surface area contributed by atoms with E-state index in [0.717, 1.165) is 39.0 Å². The molecule has 1 aromatic heterocycles. The number of hydrogen-bond acceptors (Lipinski definition) is 8. The Labute approximate surface area is 288 Å². The second-order valence-electron chi connectivity index (χ2n) is 11.8. The van der Waals surface area contributed by atoms with Gasteiger partial charge in [0.15, 0.2) is 5.82 Å². The maximum absolute atomic E-state index is 13.3. The second kappa shape index (κ2) is 13.7. The van der Waals surface area contributed by atoms with Gasteiger partial charge in [-0.15, -0.1) is 10.2 Å². The smallest absolute Gasteiger partial charge is 0.491 e. The minimum Gasteiger partial charge on any atom is -0.497 e. The Kier molecular flexibility index (Phi) is 9.00. The molecule has 0 aliphatic carbocycles. The molecular weight excluding hydrogens is 643 g/mol. The number of fused-ring (bicyclic) bond motifs is 4. The fraction of sp³-hybridized carbons (Fsp3) is 0.194. The number of aliphatic imine (C=N–C) groups is 1. The minimum atomic E-state index is -0.903. The molecule has 1 atom stereocenters. The van der Waals surface area contributed by atoms with Crippen molar-refractivity contribution in [1.29, 1.82) is 0 Å². The SMILES string of the molecule is COc1ccc2c(c1)C(c1ccc(Cl)cc1)=NC(CC(=O)NCCNC(=O)c1cccc(-c3ccc4c(c3)COB4O)c1)c1nnc(C)n1-2. The molecule has 49 heavy (non-hydrogen) atoms. The average molecular weight is 675 g/mol. The highest BCUT2D eigenvalue weighted by molar-refractivity contribution is 6.61. The maximum Gasteiger partial charge on any atom is 0.491 e. The van der Waals surface area contributed by atoms with Gasteiger partial charge in [-0.25, -0.2) is 0 Å². The van der Waals surface area contributed by atoms with Crippen molar-refractivity contribution >= 4 is 41.7 Å². The molecule has 2 amide bonds. The summed E-state index contributed by atoms with van der Waals surface area (Å²) in [6.45, 7) is 2.66. The Morgan fingerprint density at radius 2 is 1.76 bits per heavy atom. The van der Waals surface area contributed by atoms with E-state index >= 15 is 0 Å². The van der Waals surface area contributed by atoms with Crippen LogP contribution in [0.3, 0.4) is 0 Å². The molecule has 246 valence electrons. The van der Waals surface area contributed by atoms with E-state index in [2.05, 4.69) is 20.8 Å². The van der Waals surface area contributed by atoms with Gasteiger partial charge in [0, 0.05) is 34.8 Å². The van der Waals surface area contributed by atoms with Crippen molar-refractivity contribution < 1.29 is 24.0 Å². The molecule has 0 fully saturated rings. The van der Waals surface area contributed by atoms with Gasteiger partial charge in [-0.05, 0) is 77.6 Å². The standard InChI is InChI=1S/C36H32BClN6O5/c1-21-42-43-35-31(41-34(22-6-9-27(38)10-7-22)29-18-28(48-2)11-13-32(29)44(21)35)19-33(45)39-14-15-40-36(46)25-5-3-4-23(16-25)24-8-12-30-26(17-24)20-49-37(30)47/h3-13,16-18,31,47H,14-15,19-20H2,1-2H3,(H,39,45)(H,40,46). The third-order valence-corrected chi connectivity index (χ3v) is 8.88. The average Bonchev–Trinajstić information content (AvgIpc) is 3.66. The summed E-state index contributed by atoms with van der Waals surface area (Å²) in [6.07, 6.45) is 0.0131. The van der Waals surface area contributed by atoms with Crippen LogP contribution in [-0.2, 0) is 16.1 Å². The van der Waals surface area contributed by atoms with Gasteiger partial charge in [0.1, 0.15) is 17.6 Å². The van der Waals surface area contributed by atoms with Crippen LogP contribution in [0.4, 0.5) is 0 Å². The number of carbonyl (C=O) groups excluding carboxylic acids is 2. The van der Waals surface area contributed by atoms with E-state index in [1.54, 1.807) is 25.3 Å². The van der Waals surface area contributed by atoms with E-state index in [-0.39, 0.29) is 31.3 Å². The first-order valence-corrected chi connectivity index (χ1v) is 16.2. The summed E-state index contributed by atoms with van der Waals surface area (Å²) in [7, 11) is 0.706. The predicted octanol–water partition coefficient (Wildman–Crippen LogP) is 3.95. The molecule has 3 N–H and O–H groups in total. The van der Waals surface area contributed by atoms with Gasteiger partial charge in [-0.2, -0.15) is 0 Å². The predicted molar refractivity (Wildman–Crippen MR) is 187 cm³/mol. The van der Waals surface area contributed by atoms with Gasteiger partial charge in [0.2, 0.25) is 5.91 Å². The van der Waals surface area contributed by atoms with Crippen molar-refractivity contribution in [2.45, 2.75) is 26.0 Å². The van der Waals surface area contributed by atoms with Crippen LogP contribution >= 0.6 is 11.6 Å². The molecule has 1 unspecified atom stereocenters. The maximum atomic E-state index is 13.3. The normalized spacial score (nSPS) is 14.7. The number of halogens is 1. The number of nitrogens with zero attached hydrogens (tertiary/aromatic N) is 4. The molecule has 5 aromatic rings. The highest BCUT2D eigenvalue weighted by atomic mass is 35.5. The van der Waals surface area contributed by atoms with E-state index in [1.165, 1.54) is 0 Å². The lowest BCUT2D eigenvalue weighted by Gasteiger charge is -2.14. The van der Waals surface area contributed by atoms with Crippen LogP contribution in [0.25, 0.3) is 16.8 Å². The van der Waals surface area contributed by atoms with Crippen molar-refractivity contribution in [2.24, 2.45) is 4.99 Å². The van der Waals surface area contributed by atoms with Crippen LogP contribution in [0.1, 0.15) is 51.2 Å². The molecular formula is C36H32BClN6O5. The first-order chi connectivity index (χ1) is 23.8. The van der Waals surface area contributed by atoms with Gasteiger partial charge in [0.25, 0.3) is 5.91 Å². The van der Waals surface area contributed by atoms with Crippen molar-refractivity contribution in [3.05, 3.63) is 124 Å². The fourth-order valence-electron chi connectivity index (χ4n) is 6.15. The van der Waals surface area contributed by atoms with Crippen LogP contribution < -0.4 is 20.8 Å². The zero-order valence-corrected chi connectivity index (χ0v) is 27.6. The molecule has 7 rings (SSSR count). The van der Waals surface area contributed by atoms with Crippen LogP contribution in [0.15, 0.2) is 89.9 Å². The molecule has 2 aliphatic heterocycles. The number of carbonyl (C=O) groups is 2. The Bertz CT molecular complexity index is 2100. The highest BCUT2D eigenvalue weighted by Gasteiger charge is 2.30. The van der Waals surface area contributed by atoms with Gasteiger partial charge in [-0.1, -0.05) is 48.0 Å². The number of benzene rings is 4. The number of nitrogens with one attached hydrogen (secondary N) is 2. The molecule has 0 bridgehead atoms. The van der Waals surface area contributed by atoms with E-state index in [9.17, 15) is 14.6 Å². The lowest BCUT2D eigenvalue weighted by molar-refractivity contribution is -0.121. The van der Waals surface area contributed by atoms with E-state index < -0.39 is 13.2 Å². The summed E-state index contributed by atoms with van der Waals surface area (Å²) in [5.74, 6) is 1.37. The first-order valence-electron chi connectivity index (χ1n) is 15.8. The Balaban J connectivity index is 1.03. The molecule has 2 aliphatic rings. The number of ether oxygens (including phenoxy) is 1. The number of aromatic nitrogens is 3. The first kappa shape index (κ1) is 32.3. The zero-order valence-electron chi connectivity index (χ0n) is 26.8. The van der Waals surface area contributed by atoms with Crippen LogP contribution in [0.5, 0.6) is 5.75 Å². The summed E-state index contributed by atoms with van der Waals surface area (Å²) in [5, 5.41) is 25.1. The van der Waals surface area contributed by atoms with Crippen molar-refractivity contribution in [1.82, 2.24) is 25.4 Å². The quantitative estimate of drug-likeness (QED) is 0.159. The topological polar surface area (TPSA) is 140 Å². The summed E-state index contributed by atoms with van der Waals surface area (Å²) in [5.41, 5.74) is 7.11. The van der Waals surface area contributed by atoms with E-state index in [1.807, 2.05) is 78.2 Å². The number of amides is 2. The van der Waals surface area contributed by atoms with Gasteiger partial charge >= 0.3 is 7.12 Å². The number of rotatable bonds is 9. The van der Waals surface area contributed by atoms with Crippen LogP contribution in [-0.4, -0.2) is 64.6 Å². The number of aryl methyl sites for hydroxylation is 1. The highest BCUT2D eigenvalue weighted by Crippen LogP contribution is 2.34. The van der Waals surface area contributed by atoms with Crippen LogP contribution in [0, 0.1) is 6.92 Å². The number of hydrogen-bond donors (Lipinski definition) is 3. The molecule has 0 saturated heterocycles. The Morgan fingerprint density at radius 1 is 0.980 bits per heavy atom. The third-order valence-electron chi connectivity index (χ3n) is 8.63. The molecule has 3 heterocycles. The molecule has 13 heteroatoms. The lowest BCUT2D eigenvalue weighted by atomic mass is 9.79. The lowest BCUT2D eigenvalue weighted by Crippen LogP contribution is -2.35.